The van der Waals surface area contributed by atoms with Crippen LogP contribution in [0.2, 0.25) is 0 Å². The molecule has 0 fully saturated rings. The number of hydrogen-bond donors (Lipinski definition) is 0. The zero-order valence-corrected chi connectivity index (χ0v) is 7.14. The Balaban J connectivity index is 3.26. The molecule has 0 aromatic heterocycles. The van der Waals surface area contributed by atoms with Crippen LogP contribution in [0.15, 0.2) is 0 Å². The van der Waals surface area contributed by atoms with E-state index in [1.54, 1.807) is 14.0 Å². The lowest BCUT2D eigenvalue weighted by molar-refractivity contribution is 0.0996. The zero-order chi connectivity index (χ0) is 7.28. The molecular weight excluding hydrogens is 162 g/mol. The first-order valence-corrected chi connectivity index (χ1v) is 4.84. The van der Waals surface area contributed by atoms with Crippen LogP contribution in [0.1, 0.15) is 6.92 Å². The van der Waals surface area contributed by atoms with E-state index in [1.165, 1.54) is 0 Å². The summed E-state index contributed by atoms with van der Waals surface area (Å²) in [7, 11) is -0.767. The van der Waals surface area contributed by atoms with E-state index >= 15 is 0 Å². The summed E-state index contributed by atoms with van der Waals surface area (Å²) >= 11 is 5.08. The van der Waals surface area contributed by atoms with Gasteiger partial charge in [-0.3, -0.25) is 4.57 Å². The van der Waals surface area contributed by atoms with Gasteiger partial charge in [-0.2, -0.15) is 0 Å². The average molecular weight is 173 g/mol. The summed E-state index contributed by atoms with van der Waals surface area (Å²) < 4.78 is 19.6. The second-order valence-corrected chi connectivity index (χ2v) is 3.26. The fourth-order valence-corrected chi connectivity index (χ4v) is 1.27. The quantitative estimate of drug-likeness (QED) is 0.605. The summed E-state index contributed by atoms with van der Waals surface area (Å²) in [6.45, 7) is 2.16. The fourth-order valence-electron chi connectivity index (χ4n) is 0.427. The minimum Gasteiger partial charge on any atom is -0.382 e. The van der Waals surface area contributed by atoms with E-state index in [9.17, 15) is 4.57 Å². The first-order valence-electron chi connectivity index (χ1n) is 2.52. The number of ether oxygens (including phenoxy) is 1. The molecule has 2 unspecified atom stereocenters. The molecule has 0 saturated carbocycles. The Morgan fingerprint density at radius 2 is 2.33 bits per heavy atom. The van der Waals surface area contributed by atoms with E-state index in [-0.39, 0.29) is 6.10 Å². The van der Waals surface area contributed by atoms with E-state index in [1.807, 2.05) is 0 Å². The van der Waals surface area contributed by atoms with Crippen LogP contribution in [0.3, 0.4) is 0 Å². The highest BCUT2D eigenvalue weighted by Gasteiger charge is 2.02. The van der Waals surface area contributed by atoms with Gasteiger partial charge in [0, 0.05) is 7.11 Å². The van der Waals surface area contributed by atoms with Crippen molar-refractivity contribution in [1.82, 2.24) is 0 Å². The third kappa shape index (κ3) is 6.32. The Labute approximate surface area is 59.9 Å². The third-order valence-electron chi connectivity index (χ3n) is 0.695. The third-order valence-corrected chi connectivity index (χ3v) is 1.55. The van der Waals surface area contributed by atoms with Crippen molar-refractivity contribution in [3.63, 3.8) is 0 Å². The van der Waals surface area contributed by atoms with Gasteiger partial charge in [-0.15, -0.1) is 0 Å². The molecule has 0 bridgehead atoms. The molecule has 0 aliphatic carbocycles. The van der Waals surface area contributed by atoms with Gasteiger partial charge in [-0.1, -0.05) is 0 Å². The van der Waals surface area contributed by atoms with Crippen LogP contribution in [-0.4, -0.2) is 19.8 Å². The monoisotopic (exact) mass is 172 g/mol. The molecule has 0 aromatic rings. The second kappa shape index (κ2) is 5.24. The normalized spacial score (nSPS) is 17.2. The summed E-state index contributed by atoms with van der Waals surface area (Å²) in [6.07, 6.45) is -0.182. The highest BCUT2D eigenvalue weighted by atomic mass is 35.7. The van der Waals surface area contributed by atoms with E-state index in [4.69, 9.17) is 16.0 Å². The standard InChI is InChI=1S/C4H10ClO3P/c1-4(3-7-2)8-9(5)6/h4,9H,3H2,1-2H3. The zero-order valence-electron chi connectivity index (χ0n) is 5.39. The van der Waals surface area contributed by atoms with Gasteiger partial charge in [-0.05, 0) is 18.2 Å². The average Bonchev–Trinajstić information content (AvgIpc) is 1.63. The molecule has 56 valence electrons. The molecule has 0 rings (SSSR count). The molecule has 0 heterocycles. The highest BCUT2D eigenvalue weighted by Crippen LogP contribution is 2.29. The lowest BCUT2D eigenvalue weighted by Gasteiger charge is -2.06. The minimum absolute atomic E-state index is 0.182. The van der Waals surface area contributed by atoms with Gasteiger partial charge in [0.05, 0.1) is 12.7 Å². The lowest BCUT2D eigenvalue weighted by Crippen LogP contribution is -2.09. The van der Waals surface area contributed by atoms with Crippen molar-refractivity contribution in [2.45, 2.75) is 13.0 Å². The van der Waals surface area contributed by atoms with Crippen LogP contribution >= 0.6 is 18.6 Å². The van der Waals surface area contributed by atoms with Crippen LogP contribution in [0.5, 0.6) is 0 Å². The Kier molecular flexibility index (Phi) is 5.50. The predicted molar refractivity (Wildman–Crippen MR) is 37.3 cm³/mol. The van der Waals surface area contributed by atoms with Crippen LogP contribution in [0.25, 0.3) is 0 Å². The lowest BCUT2D eigenvalue weighted by atomic mass is 10.5. The van der Waals surface area contributed by atoms with E-state index < -0.39 is 7.38 Å². The molecule has 0 radical (unpaired) electrons. The smallest absolute Gasteiger partial charge is 0.279 e. The van der Waals surface area contributed by atoms with Gasteiger partial charge in [-0.25, -0.2) is 0 Å². The van der Waals surface area contributed by atoms with Crippen LogP contribution < -0.4 is 0 Å². The van der Waals surface area contributed by atoms with Crippen LogP contribution in [0.4, 0.5) is 0 Å². The maximum atomic E-state index is 10.2. The van der Waals surface area contributed by atoms with Crippen molar-refractivity contribution in [2.24, 2.45) is 0 Å². The van der Waals surface area contributed by atoms with Crippen LogP contribution in [0, 0.1) is 0 Å². The number of methoxy groups -OCH3 is 1. The fraction of sp³-hybridized carbons (Fsp3) is 1.00. The largest absolute Gasteiger partial charge is 0.382 e. The molecule has 0 amide bonds. The highest BCUT2D eigenvalue weighted by molar-refractivity contribution is 7.69. The molecule has 0 spiro atoms. The van der Waals surface area contributed by atoms with Crippen molar-refractivity contribution < 1.29 is 13.8 Å². The molecule has 0 N–H and O–H groups in total. The first-order chi connectivity index (χ1) is 4.16. The summed E-state index contributed by atoms with van der Waals surface area (Å²) in [5, 5.41) is 0. The Morgan fingerprint density at radius 3 is 2.67 bits per heavy atom. The molecule has 0 aromatic carbocycles. The summed E-state index contributed by atoms with van der Waals surface area (Å²) in [5.41, 5.74) is 0. The van der Waals surface area contributed by atoms with Crippen molar-refractivity contribution in [3.05, 3.63) is 0 Å². The molecule has 0 aliphatic rings. The topological polar surface area (TPSA) is 35.5 Å². The summed E-state index contributed by atoms with van der Waals surface area (Å²) in [4.78, 5) is 0. The van der Waals surface area contributed by atoms with Crippen molar-refractivity contribution in [3.8, 4) is 0 Å². The predicted octanol–water partition coefficient (Wildman–Crippen LogP) is 1.67. The van der Waals surface area contributed by atoms with E-state index in [0.29, 0.717) is 6.61 Å². The number of hydrogen-bond acceptors (Lipinski definition) is 3. The Morgan fingerprint density at radius 1 is 1.78 bits per heavy atom. The summed E-state index contributed by atoms with van der Waals surface area (Å²) in [5.74, 6) is 0. The molecule has 2 atom stereocenters. The number of rotatable bonds is 4. The molecule has 0 saturated heterocycles. The summed E-state index contributed by atoms with van der Waals surface area (Å²) in [6, 6.07) is 0. The van der Waals surface area contributed by atoms with Crippen molar-refractivity contribution in [2.75, 3.05) is 13.7 Å². The maximum absolute atomic E-state index is 10.2. The Hall–Kier alpha value is 0.440. The van der Waals surface area contributed by atoms with Gasteiger partial charge in [0.15, 0.2) is 0 Å². The van der Waals surface area contributed by atoms with E-state index in [2.05, 4.69) is 4.52 Å². The maximum Gasteiger partial charge on any atom is 0.279 e. The second-order valence-electron chi connectivity index (χ2n) is 1.62. The molecule has 0 aliphatic heterocycles. The van der Waals surface area contributed by atoms with Gasteiger partial charge in [0.25, 0.3) is 7.38 Å². The molecular formula is C4H10ClO3P. The van der Waals surface area contributed by atoms with Gasteiger partial charge in [0.1, 0.15) is 0 Å². The van der Waals surface area contributed by atoms with Gasteiger partial charge in [0.2, 0.25) is 0 Å². The Bertz CT molecular complexity index is 97.8. The number of halogens is 1. The van der Waals surface area contributed by atoms with Crippen molar-refractivity contribution in [1.29, 1.82) is 0 Å². The van der Waals surface area contributed by atoms with Gasteiger partial charge < -0.3 is 9.26 Å². The minimum atomic E-state index is -2.31. The molecule has 9 heavy (non-hydrogen) atoms. The molecule has 5 heteroatoms. The molecule has 3 nitrogen and oxygen atoms in total. The van der Waals surface area contributed by atoms with Gasteiger partial charge >= 0.3 is 0 Å². The van der Waals surface area contributed by atoms with E-state index in [0.717, 1.165) is 0 Å². The van der Waals surface area contributed by atoms with Crippen LogP contribution in [-0.2, 0) is 13.8 Å². The SMILES string of the molecule is COCC(C)O[PH](=O)Cl. The first kappa shape index (κ1) is 9.44. The van der Waals surface area contributed by atoms with Crippen molar-refractivity contribution >= 4 is 18.6 Å².